The lowest BCUT2D eigenvalue weighted by Crippen LogP contribution is -2.14. The quantitative estimate of drug-likeness (QED) is 0.526. The highest BCUT2D eigenvalue weighted by molar-refractivity contribution is 7.98. The maximum absolute atomic E-state index is 12.6. The SMILES string of the molecule is C[C@H]1CCc2c(sc3nc(CSc4nc5ccccc5o4)[nH]c(=O)c23)C1. The zero-order valence-corrected chi connectivity index (χ0v) is 15.9. The Balaban J connectivity index is 1.45. The fourth-order valence-corrected chi connectivity index (χ4v) is 5.62. The van der Waals surface area contributed by atoms with Crippen LogP contribution >= 0.6 is 23.1 Å². The van der Waals surface area contributed by atoms with E-state index in [1.165, 1.54) is 22.2 Å². The van der Waals surface area contributed by atoms with Gasteiger partial charge in [-0.1, -0.05) is 30.8 Å². The van der Waals surface area contributed by atoms with E-state index in [4.69, 9.17) is 9.40 Å². The first-order chi connectivity index (χ1) is 12.7. The number of benzene rings is 1. The number of aromatic nitrogens is 3. The van der Waals surface area contributed by atoms with E-state index < -0.39 is 0 Å². The molecule has 0 radical (unpaired) electrons. The predicted octanol–water partition coefficient (Wildman–Crippen LogP) is 4.54. The van der Waals surface area contributed by atoms with E-state index in [0.29, 0.717) is 22.7 Å². The van der Waals surface area contributed by atoms with Crippen molar-refractivity contribution in [1.82, 2.24) is 15.0 Å². The molecule has 1 aliphatic carbocycles. The number of hydrogen-bond donors (Lipinski definition) is 1. The molecule has 0 saturated heterocycles. The molecule has 132 valence electrons. The van der Waals surface area contributed by atoms with Gasteiger partial charge in [0, 0.05) is 4.88 Å². The molecule has 7 heteroatoms. The van der Waals surface area contributed by atoms with Crippen molar-refractivity contribution >= 4 is 44.4 Å². The zero-order chi connectivity index (χ0) is 17.7. The molecular weight excluding hydrogens is 366 g/mol. The maximum atomic E-state index is 12.6. The smallest absolute Gasteiger partial charge is 0.259 e. The van der Waals surface area contributed by atoms with Crippen LogP contribution in [0, 0.1) is 5.92 Å². The molecule has 0 fully saturated rings. The summed E-state index contributed by atoms with van der Waals surface area (Å²) in [5.74, 6) is 1.88. The number of thiophene rings is 1. The highest BCUT2D eigenvalue weighted by Gasteiger charge is 2.23. The van der Waals surface area contributed by atoms with Gasteiger partial charge in [0.1, 0.15) is 16.2 Å². The van der Waals surface area contributed by atoms with Crippen LogP contribution in [0.25, 0.3) is 21.3 Å². The van der Waals surface area contributed by atoms with Crippen molar-refractivity contribution in [3.05, 3.63) is 50.9 Å². The van der Waals surface area contributed by atoms with Gasteiger partial charge in [0.15, 0.2) is 5.58 Å². The number of para-hydroxylation sites is 2. The number of nitrogens with zero attached hydrogens (tertiary/aromatic N) is 2. The van der Waals surface area contributed by atoms with Crippen LogP contribution in [0.2, 0.25) is 0 Å². The van der Waals surface area contributed by atoms with Crippen LogP contribution in [0.3, 0.4) is 0 Å². The van der Waals surface area contributed by atoms with Gasteiger partial charge in [0.2, 0.25) is 0 Å². The second kappa shape index (κ2) is 6.25. The van der Waals surface area contributed by atoms with Gasteiger partial charge in [-0.25, -0.2) is 9.97 Å². The van der Waals surface area contributed by atoms with Gasteiger partial charge in [0.05, 0.1) is 11.1 Å². The van der Waals surface area contributed by atoms with Gasteiger partial charge in [-0.05, 0) is 42.9 Å². The number of rotatable bonds is 3. The summed E-state index contributed by atoms with van der Waals surface area (Å²) in [5, 5.41) is 1.39. The first-order valence-electron chi connectivity index (χ1n) is 8.69. The largest absolute Gasteiger partial charge is 0.431 e. The summed E-state index contributed by atoms with van der Waals surface area (Å²) in [5.41, 5.74) is 2.81. The molecule has 0 amide bonds. The molecule has 0 bridgehead atoms. The number of thioether (sulfide) groups is 1. The Hall–Kier alpha value is -2.12. The van der Waals surface area contributed by atoms with E-state index in [2.05, 4.69) is 16.9 Å². The molecule has 0 aliphatic heterocycles. The van der Waals surface area contributed by atoms with Crippen molar-refractivity contribution in [2.45, 2.75) is 37.2 Å². The second-order valence-electron chi connectivity index (χ2n) is 6.78. The summed E-state index contributed by atoms with van der Waals surface area (Å²) in [6.07, 6.45) is 3.19. The molecule has 0 saturated carbocycles. The van der Waals surface area contributed by atoms with E-state index >= 15 is 0 Å². The molecule has 1 N–H and O–H groups in total. The van der Waals surface area contributed by atoms with Crippen molar-refractivity contribution < 1.29 is 4.42 Å². The minimum Gasteiger partial charge on any atom is -0.431 e. The zero-order valence-electron chi connectivity index (χ0n) is 14.2. The number of fused-ring (bicyclic) bond motifs is 4. The third kappa shape index (κ3) is 2.75. The van der Waals surface area contributed by atoms with Crippen molar-refractivity contribution in [2.75, 3.05) is 0 Å². The lowest BCUT2D eigenvalue weighted by Gasteiger charge is -2.17. The molecule has 1 aliphatic rings. The molecule has 3 heterocycles. The minimum atomic E-state index is -0.0183. The van der Waals surface area contributed by atoms with Gasteiger partial charge in [0.25, 0.3) is 10.8 Å². The van der Waals surface area contributed by atoms with Crippen LogP contribution in [-0.2, 0) is 18.6 Å². The molecule has 1 aromatic carbocycles. The van der Waals surface area contributed by atoms with Crippen molar-refractivity contribution in [3.63, 3.8) is 0 Å². The Morgan fingerprint density at radius 1 is 1.35 bits per heavy atom. The molecule has 5 nitrogen and oxygen atoms in total. The summed E-state index contributed by atoms with van der Waals surface area (Å²) in [6, 6.07) is 7.68. The van der Waals surface area contributed by atoms with Crippen LogP contribution in [0.4, 0.5) is 0 Å². The van der Waals surface area contributed by atoms with Crippen LogP contribution in [0.1, 0.15) is 29.6 Å². The lowest BCUT2D eigenvalue weighted by molar-refractivity contribution is 0.489. The highest BCUT2D eigenvalue weighted by atomic mass is 32.2. The average molecular weight is 383 g/mol. The number of nitrogens with one attached hydrogen (secondary N) is 1. The molecule has 0 unspecified atom stereocenters. The Bertz CT molecular complexity index is 1140. The van der Waals surface area contributed by atoms with Crippen molar-refractivity contribution in [3.8, 4) is 0 Å². The van der Waals surface area contributed by atoms with E-state index in [0.717, 1.165) is 40.6 Å². The average Bonchev–Trinajstić information content (AvgIpc) is 3.19. The highest BCUT2D eigenvalue weighted by Crippen LogP contribution is 2.36. The van der Waals surface area contributed by atoms with Gasteiger partial charge >= 0.3 is 0 Å². The number of aromatic amines is 1. The topological polar surface area (TPSA) is 71.8 Å². The van der Waals surface area contributed by atoms with Crippen LogP contribution in [0.15, 0.2) is 38.7 Å². The lowest BCUT2D eigenvalue weighted by atomic mass is 9.89. The Morgan fingerprint density at radius 3 is 3.12 bits per heavy atom. The molecule has 5 rings (SSSR count). The second-order valence-corrected chi connectivity index (χ2v) is 8.79. The van der Waals surface area contributed by atoms with Crippen LogP contribution in [-0.4, -0.2) is 15.0 Å². The van der Waals surface area contributed by atoms with Gasteiger partial charge in [-0.3, -0.25) is 4.79 Å². The molecule has 26 heavy (non-hydrogen) atoms. The molecular formula is C19H17N3O2S2. The normalized spacial score (nSPS) is 17.0. The third-order valence-electron chi connectivity index (χ3n) is 4.82. The summed E-state index contributed by atoms with van der Waals surface area (Å²) in [6.45, 7) is 2.27. The number of oxazole rings is 1. The molecule has 1 atom stereocenters. The van der Waals surface area contributed by atoms with Gasteiger partial charge in [-0.15, -0.1) is 11.3 Å². The monoisotopic (exact) mass is 383 g/mol. The molecule has 3 aromatic heterocycles. The Kier molecular flexibility index (Phi) is 3.86. The maximum Gasteiger partial charge on any atom is 0.259 e. The van der Waals surface area contributed by atoms with Crippen molar-refractivity contribution in [2.24, 2.45) is 5.92 Å². The fourth-order valence-electron chi connectivity index (χ4n) is 3.50. The van der Waals surface area contributed by atoms with Gasteiger partial charge in [-0.2, -0.15) is 0 Å². The first-order valence-corrected chi connectivity index (χ1v) is 10.5. The van der Waals surface area contributed by atoms with E-state index in [1.807, 2.05) is 24.3 Å². The minimum absolute atomic E-state index is 0.0183. The molecule has 0 spiro atoms. The van der Waals surface area contributed by atoms with Crippen LogP contribution in [0.5, 0.6) is 0 Å². The Morgan fingerprint density at radius 2 is 2.23 bits per heavy atom. The van der Waals surface area contributed by atoms with Crippen LogP contribution < -0.4 is 5.56 Å². The summed E-state index contributed by atoms with van der Waals surface area (Å²) in [7, 11) is 0. The summed E-state index contributed by atoms with van der Waals surface area (Å²) >= 11 is 3.12. The molecule has 4 aromatic rings. The first kappa shape index (κ1) is 16.1. The third-order valence-corrected chi connectivity index (χ3v) is 6.81. The van der Waals surface area contributed by atoms with E-state index in [9.17, 15) is 4.79 Å². The van der Waals surface area contributed by atoms with Crippen molar-refractivity contribution in [1.29, 1.82) is 0 Å². The van der Waals surface area contributed by atoms with E-state index in [-0.39, 0.29) is 5.56 Å². The number of aryl methyl sites for hydroxylation is 1. The predicted molar refractivity (Wildman–Crippen MR) is 105 cm³/mol. The summed E-state index contributed by atoms with van der Waals surface area (Å²) in [4.78, 5) is 26.9. The standard InChI is InChI=1S/C19H17N3O2S2/c1-10-6-7-11-14(8-10)26-18-16(11)17(23)21-15(22-18)9-25-19-20-12-4-2-3-5-13(12)24-19/h2-5,10H,6-9H2,1H3,(H,21,22,23)/t10-/m0/s1. The van der Waals surface area contributed by atoms with Gasteiger partial charge < -0.3 is 9.40 Å². The number of hydrogen-bond acceptors (Lipinski definition) is 6. The van der Waals surface area contributed by atoms with E-state index in [1.54, 1.807) is 11.3 Å². The Labute approximate surface area is 157 Å². The fraction of sp³-hybridized carbons (Fsp3) is 0.316. The summed E-state index contributed by atoms with van der Waals surface area (Å²) < 4.78 is 5.72. The number of H-pyrrole nitrogens is 1.